The minimum Gasteiger partial charge on any atom is -0.465 e. The topological polar surface area (TPSA) is 77.5 Å². The van der Waals surface area contributed by atoms with Gasteiger partial charge in [-0.2, -0.15) is 0 Å². The van der Waals surface area contributed by atoms with E-state index in [0.717, 1.165) is 18.4 Å². The summed E-state index contributed by atoms with van der Waals surface area (Å²) in [6, 6.07) is 8.51. The zero-order valence-electron chi connectivity index (χ0n) is 14.0. The molecule has 0 radical (unpaired) electrons. The Hall–Kier alpha value is -2.25. The lowest BCUT2D eigenvalue weighted by Gasteiger charge is -2.16. The molecule has 2 rings (SSSR count). The van der Waals surface area contributed by atoms with Crippen molar-refractivity contribution in [2.24, 2.45) is 0 Å². The Morgan fingerprint density at radius 3 is 2.27 bits per heavy atom. The lowest BCUT2D eigenvalue weighted by Crippen LogP contribution is -2.25. The summed E-state index contributed by atoms with van der Waals surface area (Å²) in [5.41, 5.74) is 0.222. The average Bonchev–Trinajstić information content (AvgIpc) is 2.56. The van der Waals surface area contributed by atoms with Gasteiger partial charge in [-0.15, -0.1) is 0 Å². The van der Waals surface area contributed by atoms with Crippen molar-refractivity contribution in [1.82, 2.24) is 0 Å². The lowest BCUT2D eigenvalue weighted by atomic mass is 9.90. The number of benzene rings is 2. The fourth-order valence-electron chi connectivity index (χ4n) is 2.37. The molecule has 0 saturated carbocycles. The van der Waals surface area contributed by atoms with Gasteiger partial charge in [-0.1, -0.05) is 29.8 Å². The van der Waals surface area contributed by atoms with Crippen LogP contribution in [0.25, 0.3) is 0 Å². The molecule has 0 bridgehead atoms. The third kappa shape index (κ3) is 4.47. The number of sulfone groups is 1. The van der Waals surface area contributed by atoms with Crippen LogP contribution >= 0.6 is 11.6 Å². The highest BCUT2D eigenvalue weighted by Gasteiger charge is 2.32. The van der Waals surface area contributed by atoms with E-state index in [9.17, 15) is 22.4 Å². The molecular weight excluding hydrogens is 383 g/mol. The van der Waals surface area contributed by atoms with Crippen LogP contribution in [-0.4, -0.2) is 33.0 Å². The molecule has 2 aromatic rings. The number of halogens is 2. The molecule has 0 aliphatic rings. The molecule has 138 valence electrons. The van der Waals surface area contributed by atoms with Crippen LogP contribution in [0.15, 0.2) is 47.4 Å². The van der Waals surface area contributed by atoms with Gasteiger partial charge >= 0.3 is 5.97 Å². The van der Waals surface area contributed by atoms with Crippen LogP contribution < -0.4 is 0 Å². The molecule has 2 aromatic carbocycles. The predicted molar refractivity (Wildman–Crippen MR) is 94.7 cm³/mol. The van der Waals surface area contributed by atoms with Crippen molar-refractivity contribution < 1.29 is 27.1 Å². The Bertz CT molecular complexity index is 939. The number of rotatable bonds is 6. The number of ketones is 1. The third-order valence-electron chi connectivity index (χ3n) is 3.62. The molecule has 8 heteroatoms. The van der Waals surface area contributed by atoms with E-state index in [1.54, 1.807) is 6.92 Å². The Morgan fingerprint density at radius 2 is 1.77 bits per heavy atom. The molecule has 0 heterocycles. The number of Topliss-reactive ketones (excluding diaryl/α,β-unsaturated/α-hetero) is 1. The maximum absolute atomic E-state index is 13.3. The summed E-state index contributed by atoms with van der Waals surface area (Å²) >= 11 is 6.01. The molecule has 5 nitrogen and oxygen atoms in total. The smallest absolute Gasteiger partial charge is 0.321 e. The minimum absolute atomic E-state index is 0.0431. The van der Waals surface area contributed by atoms with Crippen LogP contribution in [0.4, 0.5) is 4.39 Å². The monoisotopic (exact) mass is 398 g/mol. The van der Waals surface area contributed by atoms with E-state index in [0.29, 0.717) is 0 Å². The van der Waals surface area contributed by atoms with Crippen molar-refractivity contribution in [3.05, 3.63) is 64.4 Å². The third-order valence-corrected chi connectivity index (χ3v) is 5.08. The molecule has 0 aliphatic heterocycles. The number of hydrogen-bond donors (Lipinski definition) is 0. The van der Waals surface area contributed by atoms with Crippen LogP contribution in [0.5, 0.6) is 0 Å². The summed E-state index contributed by atoms with van der Waals surface area (Å²) in [4.78, 5) is 25.2. The lowest BCUT2D eigenvalue weighted by molar-refractivity contribution is -0.143. The molecule has 0 saturated heterocycles. The van der Waals surface area contributed by atoms with Crippen LogP contribution in [0.1, 0.15) is 28.8 Å². The first-order chi connectivity index (χ1) is 12.1. The Balaban J connectivity index is 2.48. The first-order valence-corrected chi connectivity index (χ1v) is 9.88. The van der Waals surface area contributed by atoms with Crippen molar-refractivity contribution in [1.29, 1.82) is 0 Å². The average molecular weight is 399 g/mol. The second-order valence-electron chi connectivity index (χ2n) is 5.51. The van der Waals surface area contributed by atoms with Crippen LogP contribution in [0.3, 0.4) is 0 Å². The zero-order chi connectivity index (χ0) is 19.5. The standard InChI is InChI=1S/C18H16ClFO5S/c1-3-25-18(22)16(14-9-6-12(20)10-15(14)19)17(21)11-4-7-13(8-5-11)26(2,23)24/h4-10,16H,3H2,1-2H3. The Labute approximate surface area is 155 Å². The second kappa shape index (κ2) is 7.97. The van der Waals surface area contributed by atoms with Crippen molar-refractivity contribution in [2.45, 2.75) is 17.7 Å². The molecule has 0 fully saturated rings. The quantitative estimate of drug-likeness (QED) is 0.423. The zero-order valence-corrected chi connectivity index (χ0v) is 15.6. The fourth-order valence-corrected chi connectivity index (χ4v) is 3.28. The highest BCUT2D eigenvalue weighted by Crippen LogP contribution is 2.30. The highest BCUT2D eigenvalue weighted by atomic mass is 35.5. The molecule has 0 N–H and O–H groups in total. The summed E-state index contributed by atoms with van der Waals surface area (Å²) in [6.07, 6.45) is 1.05. The van der Waals surface area contributed by atoms with Crippen molar-refractivity contribution in [3.8, 4) is 0 Å². The number of esters is 1. The van der Waals surface area contributed by atoms with E-state index < -0.39 is 33.3 Å². The van der Waals surface area contributed by atoms with Gasteiger partial charge in [-0.3, -0.25) is 9.59 Å². The highest BCUT2D eigenvalue weighted by molar-refractivity contribution is 7.90. The van der Waals surface area contributed by atoms with E-state index in [1.165, 1.54) is 30.3 Å². The van der Waals surface area contributed by atoms with E-state index in [4.69, 9.17) is 16.3 Å². The van der Waals surface area contributed by atoms with Gasteiger partial charge in [-0.25, -0.2) is 12.8 Å². The number of ether oxygens (including phenoxy) is 1. The maximum Gasteiger partial charge on any atom is 0.321 e. The van der Waals surface area contributed by atoms with Crippen LogP contribution in [0, 0.1) is 5.82 Å². The summed E-state index contributed by atoms with van der Waals surface area (Å²) in [6.45, 7) is 1.64. The Morgan fingerprint density at radius 1 is 1.15 bits per heavy atom. The summed E-state index contributed by atoms with van der Waals surface area (Å²) < 4.78 is 41.3. The maximum atomic E-state index is 13.3. The van der Waals surface area contributed by atoms with Gasteiger partial charge < -0.3 is 4.74 Å². The molecule has 0 amide bonds. The minimum atomic E-state index is -3.42. The van der Waals surface area contributed by atoms with E-state index >= 15 is 0 Å². The molecule has 1 atom stereocenters. The van der Waals surface area contributed by atoms with Crippen LogP contribution in [-0.2, 0) is 19.4 Å². The van der Waals surface area contributed by atoms with Crippen molar-refractivity contribution in [2.75, 3.05) is 12.9 Å². The Kier molecular flexibility index (Phi) is 6.15. The SMILES string of the molecule is CCOC(=O)C(C(=O)c1ccc(S(C)(=O)=O)cc1)c1ccc(F)cc1Cl. The first kappa shape index (κ1) is 20.1. The largest absolute Gasteiger partial charge is 0.465 e. The van der Waals surface area contributed by atoms with Crippen molar-refractivity contribution >= 4 is 33.2 Å². The van der Waals surface area contributed by atoms with E-state index in [-0.39, 0.29) is 27.7 Å². The molecule has 26 heavy (non-hydrogen) atoms. The normalized spacial score (nSPS) is 12.5. The predicted octanol–water partition coefficient (Wildman–Crippen LogP) is 3.41. The molecule has 0 spiro atoms. The van der Waals surface area contributed by atoms with Gasteiger partial charge in [0.2, 0.25) is 0 Å². The number of carbonyl (C=O) groups excluding carboxylic acids is 2. The van der Waals surface area contributed by atoms with E-state index in [2.05, 4.69) is 0 Å². The summed E-state index contributed by atoms with van der Waals surface area (Å²) in [5, 5.41) is -0.0795. The van der Waals surface area contributed by atoms with Crippen molar-refractivity contribution in [3.63, 3.8) is 0 Å². The second-order valence-corrected chi connectivity index (χ2v) is 7.93. The molecule has 0 aromatic heterocycles. The molecule has 0 aliphatic carbocycles. The van der Waals surface area contributed by atoms with Gasteiger partial charge in [0.25, 0.3) is 0 Å². The number of carbonyl (C=O) groups is 2. The van der Waals surface area contributed by atoms with Gasteiger partial charge in [0.1, 0.15) is 11.7 Å². The summed E-state index contributed by atoms with van der Waals surface area (Å²) in [5.74, 6) is -3.44. The van der Waals surface area contributed by atoms with Crippen LogP contribution in [0.2, 0.25) is 5.02 Å². The number of hydrogen-bond acceptors (Lipinski definition) is 5. The summed E-state index contributed by atoms with van der Waals surface area (Å²) in [7, 11) is -3.42. The fraction of sp³-hybridized carbons (Fsp3) is 0.222. The van der Waals surface area contributed by atoms with Gasteiger partial charge in [0.05, 0.1) is 11.5 Å². The van der Waals surface area contributed by atoms with E-state index in [1.807, 2.05) is 0 Å². The molecule has 1 unspecified atom stereocenters. The first-order valence-electron chi connectivity index (χ1n) is 7.61. The van der Waals surface area contributed by atoms with Gasteiger partial charge in [0, 0.05) is 16.8 Å². The van der Waals surface area contributed by atoms with Gasteiger partial charge in [-0.05, 0) is 36.8 Å². The van der Waals surface area contributed by atoms with Gasteiger partial charge in [0.15, 0.2) is 15.6 Å². The molecular formula is C18H16ClFO5S.